The van der Waals surface area contributed by atoms with Gasteiger partial charge in [0.2, 0.25) is 0 Å². The van der Waals surface area contributed by atoms with Crippen LogP contribution in [0.15, 0.2) is 30.3 Å². The molecule has 0 unspecified atom stereocenters. The average molecular weight is 343 g/mol. The van der Waals surface area contributed by atoms with Gasteiger partial charge in [-0.15, -0.1) is 5.10 Å². The van der Waals surface area contributed by atoms with Crippen LogP contribution in [0, 0.1) is 5.92 Å². The Hall–Kier alpha value is -1.79. The number of aliphatic hydroxyl groups excluding tert-OH is 1. The smallest absolute Gasteiger partial charge is 0.168 e. The van der Waals surface area contributed by atoms with Crippen molar-refractivity contribution in [2.45, 2.75) is 58.2 Å². The van der Waals surface area contributed by atoms with Crippen LogP contribution in [0.25, 0.3) is 0 Å². The summed E-state index contributed by atoms with van der Waals surface area (Å²) in [6, 6.07) is 10.7. The number of hydrogen-bond donors (Lipinski definition) is 1. The second-order valence-electron chi connectivity index (χ2n) is 6.99. The van der Waals surface area contributed by atoms with E-state index in [1.165, 1.54) is 5.56 Å². The number of hydrogen-bond acceptors (Lipinski definition) is 5. The van der Waals surface area contributed by atoms with Gasteiger partial charge in [0.25, 0.3) is 0 Å². The van der Waals surface area contributed by atoms with Gasteiger partial charge < -0.3 is 5.11 Å². The maximum Gasteiger partial charge on any atom is 0.168 e. The molecule has 2 atom stereocenters. The first kappa shape index (κ1) is 18.0. The summed E-state index contributed by atoms with van der Waals surface area (Å²) >= 11 is 0. The summed E-state index contributed by atoms with van der Waals surface area (Å²) in [7, 11) is 0. The van der Waals surface area contributed by atoms with E-state index in [9.17, 15) is 5.11 Å². The number of tetrazole rings is 1. The number of benzene rings is 1. The van der Waals surface area contributed by atoms with Gasteiger partial charge in [-0.1, -0.05) is 57.0 Å². The molecule has 0 saturated carbocycles. The van der Waals surface area contributed by atoms with E-state index < -0.39 is 0 Å². The van der Waals surface area contributed by atoms with E-state index in [0.29, 0.717) is 12.5 Å². The molecule has 6 heteroatoms. The zero-order chi connectivity index (χ0) is 17.6. The van der Waals surface area contributed by atoms with Crippen LogP contribution in [-0.2, 0) is 6.54 Å². The number of nitrogens with zero attached hydrogens (tertiary/aromatic N) is 5. The van der Waals surface area contributed by atoms with Gasteiger partial charge in [0.05, 0.1) is 19.2 Å². The third kappa shape index (κ3) is 4.07. The minimum atomic E-state index is 0.191. The van der Waals surface area contributed by atoms with Gasteiger partial charge in [-0.2, -0.15) is 0 Å². The van der Waals surface area contributed by atoms with Crippen LogP contribution in [0.1, 0.15) is 57.0 Å². The molecule has 136 valence electrons. The molecular weight excluding hydrogens is 314 g/mol. The highest BCUT2D eigenvalue weighted by atomic mass is 16.3. The van der Waals surface area contributed by atoms with Gasteiger partial charge in [-0.05, 0) is 34.7 Å². The van der Waals surface area contributed by atoms with Crippen LogP contribution in [-0.4, -0.2) is 49.4 Å². The topological polar surface area (TPSA) is 67.1 Å². The molecule has 1 aromatic carbocycles. The van der Waals surface area contributed by atoms with Crippen molar-refractivity contribution in [3.8, 4) is 0 Å². The molecule has 1 aliphatic heterocycles. The molecule has 1 aromatic heterocycles. The largest absolute Gasteiger partial charge is 0.395 e. The summed E-state index contributed by atoms with van der Waals surface area (Å²) in [4.78, 5) is 2.44. The normalized spacial score (nSPS) is 21.3. The van der Waals surface area contributed by atoms with E-state index in [1.807, 2.05) is 22.9 Å². The zero-order valence-electron chi connectivity index (χ0n) is 15.3. The van der Waals surface area contributed by atoms with Crippen LogP contribution in [0.4, 0.5) is 0 Å². The van der Waals surface area contributed by atoms with Crippen molar-refractivity contribution in [3.05, 3.63) is 41.7 Å². The van der Waals surface area contributed by atoms with E-state index in [-0.39, 0.29) is 18.7 Å². The predicted molar refractivity (Wildman–Crippen MR) is 97.0 cm³/mol. The summed E-state index contributed by atoms with van der Waals surface area (Å²) in [5.74, 6) is 1.57. The molecule has 3 rings (SSSR count). The lowest BCUT2D eigenvalue weighted by molar-refractivity contribution is 0.104. The molecule has 0 aliphatic carbocycles. The van der Waals surface area contributed by atoms with E-state index in [4.69, 9.17) is 0 Å². The highest BCUT2D eigenvalue weighted by Gasteiger charge is 2.37. The average Bonchev–Trinajstić information content (AvgIpc) is 3.26. The third-order valence-corrected chi connectivity index (χ3v) is 5.51. The summed E-state index contributed by atoms with van der Waals surface area (Å²) in [6.07, 6.45) is 4.32. The molecule has 1 saturated heterocycles. The molecule has 0 radical (unpaired) electrons. The number of aliphatic hydroxyl groups is 1. The van der Waals surface area contributed by atoms with E-state index in [1.54, 1.807) is 0 Å². The summed E-state index contributed by atoms with van der Waals surface area (Å²) < 4.78 is 1.92. The Bertz CT molecular complexity index is 640. The molecule has 2 heterocycles. The van der Waals surface area contributed by atoms with Crippen molar-refractivity contribution in [1.82, 2.24) is 25.1 Å². The third-order valence-electron chi connectivity index (χ3n) is 5.51. The van der Waals surface area contributed by atoms with Crippen molar-refractivity contribution >= 4 is 0 Å². The Labute approximate surface area is 149 Å². The van der Waals surface area contributed by atoms with Crippen molar-refractivity contribution in [3.63, 3.8) is 0 Å². The van der Waals surface area contributed by atoms with Crippen LogP contribution < -0.4 is 0 Å². The fourth-order valence-electron chi connectivity index (χ4n) is 3.85. The van der Waals surface area contributed by atoms with Gasteiger partial charge in [0.1, 0.15) is 0 Å². The Kier molecular flexibility index (Phi) is 6.15. The van der Waals surface area contributed by atoms with Crippen molar-refractivity contribution < 1.29 is 5.11 Å². The van der Waals surface area contributed by atoms with Crippen LogP contribution in [0.2, 0.25) is 0 Å². The summed E-state index contributed by atoms with van der Waals surface area (Å²) in [6.45, 7) is 6.37. The zero-order valence-corrected chi connectivity index (χ0v) is 15.3. The molecule has 6 nitrogen and oxygen atoms in total. The Morgan fingerprint density at radius 3 is 2.60 bits per heavy atom. The highest BCUT2D eigenvalue weighted by Crippen LogP contribution is 2.36. The molecule has 1 aliphatic rings. The molecule has 2 aromatic rings. The maximum atomic E-state index is 9.81. The van der Waals surface area contributed by atoms with Crippen molar-refractivity contribution in [2.75, 3.05) is 13.2 Å². The summed E-state index contributed by atoms with van der Waals surface area (Å²) in [5, 5.41) is 22.3. The lowest BCUT2D eigenvalue weighted by Crippen LogP contribution is -2.38. The van der Waals surface area contributed by atoms with Gasteiger partial charge >= 0.3 is 0 Å². The van der Waals surface area contributed by atoms with Gasteiger partial charge in [-0.25, -0.2) is 4.68 Å². The van der Waals surface area contributed by atoms with Gasteiger partial charge in [0, 0.05) is 12.6 Å². The predicted octanol–water partition coefficient (Wildman–Crippen LogP) is 2.66. The summed E-state index contributed by atoms with van der Waals surface area (Å²) in [5.41, 5.74) is 1.19. The standard InChI is InChI=1S/C19H29N5O/c1-3-15(4-2)12-23-17(14-25)10-11-18(23)19-20-21-22-24(19)13-16-8-6-5-7-9-16/h5-9,15,17-18,25H,3-4,10-14H2,1-2H3/t17-,18-/m0/s1. The highest BCUT2D eigenvalue weighted by molar-refractivity contribution is 5.15. The van der Waals surface area contributed by atoms with E-state index in [0.717, 1.165) is 38.1 Å². The fraction of sp³-hybridized carbons (Fsp3) is 0.632. The number of rotatable bonds is 8. The first-order valence-corrected chi connectivity index (χ1v) is 9.43. The Morgan fingerprint density at radius 1 is 1.16 bits per heavy atom. The van der Waals surface area contributed by atoms with Gasteiger partial charge in [0.15, 0.2) is 5.82 Å². The quantitative estimate of drug-likeness (QED) is 0.798. The molecule has 1 fully saturated rings. The lowest BCUT2D eigenvalue weighted by atomic mass is 10.0. The second-order valence-corrected chi connectivity index (χ2v) is 6.99. The lowest BCUT2D eigenvalue weighted by Gasteiger charge is -2.31. The molecular formula is C19H29N5O. The molecule has 0 spiro atoms. The second kappa shape index (κ2) is 8.54. The molecule has 0 bridgehead atoms. The van der Waals surface area contributed by atoms with Crippen molar-refractivity contribution in [2.24, 2.45) is 5.92 Å². The van der Waals surface area contributed by atoms with Crippen LogP contribution >= 0.6 is 0 Å². The SMILES string of the molecule is CCC(CC)CN1[C@H](CO)CC[C@H]1c1nnnn1Cc1ccccc1. The van der Waals surface area contributed by atoms with E-state index in [2.05, 4.69) is 46.4 Å². The van der Waals surface area contributed by atoms with Gasteiger partial charge in [-0.3, -0.25) is 4.90 Å². The first-order chi connectivity index (χ1) is 12.3. The van der Waals surface area contributed by atoms with Crippen LogP contribution in [0.5, 0.6) is 0 Å². The number of likely N-dealkylation sites (tertiary alicyclic amines) is 1. The van der Waals surface area contributed by atoms with Crippen LogP contribution in [0.3, 0.4) is 0 Å². The Balaban J connectivity index is 1.81. The van der Waals surface area contributed by atoms with E-state index >= 15 is 0 Å². The monoisotopic (exact) mass is 343 g/mol. The molecule has 1 N–H and O–H groups in total. The molecule has 0 amide bonds. The minimum Gasteiger partial charge on any atom is -0.395 e. The first-order valence-electron chi connectivity index (χ1n) is 9.43. The van der Waals surface area contributed by atoms with Crippen molar-refractivity contribution in [1.29, 1.82) is 0 Å². The number of aromatic nitrogens is 4. The fourth-order valence-corrected chi connectivity index (χ4v) is 3.85. The minimum absolute atomic E-state index is 0.191. The maximum absolute atomic E-state index is 9.81. The Morgan fingerprint density at radius 2 is 1.92 bits per heavy atom. The molecule has 25 heavy (non-hydrogen) atoms.